The predicted molar refractivity (Wildman–Crippen MR) is 87.4 cm³/mol. The highest BCUT2D eigenvalue weighted by molar-refractivity contribution is 5.80. The van der Waals surface area contributed by atoms with E-state index >= 15 is 0 Å². The van der Waals surface area contributed by atoms with E-state index in [2.05, 4.69) is 36.2 Å². The molecule has 0 aliphatic carbocycles. The van der Waals surface area contributed by atoms with Gasteiger partial charge in [0.25, 0.3) is 0 Å². The van der Waals surface area contributed by atoms with Crippen molar-refractivity contribution in [3.05, 3.63) is 36.1 Å². The zero-order chi connectivity index (χ0) is 14.7. The summed E-state index contributed by atoms with van der Waals surface area (Å²) in [4.78, 5) is 2.57. The first-order chi connectivity index (χ1) is 10.2. The fraction of sp³-hybridized carbons (Fsp3) is 0.556. The van der Waals surface area contributed by atoms with Gasteiger partial charge < -0.3 is 9.73 Å². The Balaban J connectivity index is 1.73. The van der Waals surface area contributed by atoms with E-state index < -0.39 is 0 Å². The fourth-order valence-corrected chi connectivity index (χ4v) is 3.34. The lowest BCUT2D eigenvalue weighted by Gasteiger charge is -2.27. The van der Waals surface area contributed by atoms with Crippen molar-refractivity contribution >= 4 is 11.0 Å². The van der Waals surface area contributed by atoms with Gasteiger partial charge in [0, 0.05) is 36.6 Å². The molecule has 2 heterocycles. The van der Waals surface area contributed by atoms with Crippen LogP contribution in [0.1, 0.15) is 32.3 Å². The number of nitrogens with zero attached hydrogens (tertiary/aromatic N) is 1. The second-order valence-corrected chi connectivity index (χ2v) is 6.64. The molecular formula is C18H26N2O. The molecule has 21 heavy (non-hydrogen) atoms. The van der Waals surface area contributed by atoms with E-state index in [1.54, 1.807) is 0 Å². The molecule has 1 saturated heterocycles. The number of hydrogen-bond donors (Lipinski definition) is 1. The predicted octanol–water partition coefficient (Wildman–Crippen LogP) is 3.64. The van der Waals surface area contributed by atoms with Crippen molar-refractivity contribution in [2.24, 2.45) is 5.92 Å². The maximum absolute atomic E-state index is 5.68. The molecule has 3 rings (SSSR count). The van der Waals surface area contributed by atoms with Crippen LogP contribution in [-0.4, -0.2) is 30.6 Å². The quantitative estimate of drug-likeness (QED) is 0.879. The van der Waals surface area contributed by atoms with E-state index in [0.29, 0.717) is 12.0 Å². The highest BCUT2D eigenvalue weighted by Crippen LogP contribution is 2.23. The standard InChI is InChI=1S/C18H26N2O/c1-14(2)10-20(12-16-6-5-9-19-16)11-15-13-21-18-8-4-3-7-17(15)18/h3-4,7-8,13-14,16,19H,5-6,9-12H2,1-2H3. The van der Waals surface area contributed by atoms with Gasteiger partial charge in [-0.2, -0.15) is 0 Å². The molecule has 1 N–H and O–H groups in total. The Hall–Kier alpha value is -1.32. The van der Waals surface area contributed by atoms with E-state index in [4.69, 9.17) is 4.42 Å². The van der Waals surface area contributed by atoms with Crippen molar-refractivity contribution in [2.75, 3.05) is 19.6 Å². The maximum atomic E-state index is 5.68. The smallest absolute Gasteiger partial charge is 0.134 e. The lowest BCUT2D eigenvalue weighted by molar-refractivity contribution is 0.216. The van der Waals surface area contributed by atoms with Crippen LogP contribution < -0.4 is 5.32 Å². The number of furan rings is 1. The van der Waals surface area contributed by atoms with Crippen molar-refractivity contribution in [3.8, 4) is 0 Å². The molecule has 0 radical (unpaired) electrons. The lowest BCUT2D eigenvalue weighted by atomic mass is 10.1. The summed E-state index contributed by atoms with van der Waals surface area (Å²) in [7, 11) is 0. The molecule has 2 aromatic rings. The van der Waals surface area contributed by atoms with Gasteiger partial charge in [0.15, 0.2) is 0 Å². The van der Waals surface area contributed by atoms with E-state index in [9.17, 15) is 0 Å². The normalized spacial score (nSPS) is 19.1. The Morgan fingerprint density at radius 1 is 1.33 bits per heavy atom. The van der Waals surface area contributed by atoms with Crippen molar-refractivity contribution in [1.82, 2.24) is 10.2 Å². The van der Waals surface area contributed by atoms with Gasteiger partial charge in [-0.1, -0.05) is 32.0 Å². The molecule has 0 spiro atoms. The summed E-state index contributed by atoms with van der Waals surface area (Å²) >= 11 is 0. The first-order valence-corrected chi connectivity index (χ1v) is 8.13. The van der Waals surface area contributed by atoms with Crippen molar-refractivity contribution in [2.45, 2.75) is 39.3 Å². The highest BCUT2D eigenvalue weighted by atomic mass is 16.3. The van der Waals surface area contributed by atoms with Gasteiger partial charge in [-0.15, -0.1) is 0 Å². The SMILES string of the molecule is CC(C)CN(Cc1coc2ccccc12)CC1CCCN1. The van der Waals surface area contributed by atoms with Gasteiger partial charge in [0.2, 0.25) is 0 Å². The number of nitrogens with one attached hydrogen (secondary N) is 1. The molecule has 0 amide bonds. The van der Waals surface area contributed by atoms with E-state index in [0.717, 1.165) is 25.2 Å². The molecule has 3 nitrogen and oxygen atoms in total. The van der Waals surface area contributed by atoms with Gasteiger partial charge in [0.1, 0.15) is 5.58 Å². The number of hydrogen-bond acceptors (Lipinski definition) is 3. The highest BCUT2D eigenvalue weighted by Gasteiger charge is 2.19. The topological polar surface area (TPSA) is 28.4 Å². The third-order valence-electron chi connectivity index (χ3n) is 4.22. The van der Waals surface area contributed by atoms with Crippen LogP contribution in [0.15, 0.2) is 34.9 Å². The monoisotopic (exact) mass is 286 g/mol. The van der Waals surface area contributed by atoms with Crippen LogP contribution in [0, 0.1) is 5.92 Å². The molecule has 1 unspecified atom stereocenters. The minimum absolute atomic E-state index is 0.655. The van der Waals surface area contributed by atoms with Crippen LogP contribution in [0.2, 0.25) is 0 Å². The molecule has 1 aliphatic heterocycles. The van der Waals surface area contributed by atoms with Crippen molar-refractivity contribution in [3.63, 3.8) is 0 Å². The molecular weight excluding hydrogens is 260 g/mol. The first kappa shape index (κ1) is 14.6. The van der Waals surface area contributed by atoms with Crippen LogP contribution in [0.5, 0.6) is 0 Å². The molecule has 0 bridgehead atoms. The summed E-state index contributed by atoms with van der Waals surface area (Å²) in [6.07, 6.45) is 4.55. The third-order valence-corrected chi connectivity index (χ3v) is 4.22. The zero-order valence-electron chi connectivity index (χ0n) is 13.1. The van der Waals surface area contributed by atoms with Gasteiger partial charge in [-0.25, -0.2) is 0 Å². The number of fused-ring (bicyclic) bond motifs is 1. The average molecular weight is 286 g/mol. The van der Waals surface area contributed by atoms with Gasteiger partial charge >= 0.3 is 0 Å². The number of para-hydroxylation sites is 1. The fourth-order valence-electron chi connectivity index (χ4n) is 3.34. The van der Waals surface area contributed by atoms with E-state index in [1.807, 2.05) is 18.4 Å². The second kappa shape index (κ2) is 6.63. The summed E-state index contributed by atoms with van der Waals surface area (Å²) in [6, 6.07) is 8.98. The van der Waals surface area contributed by atoms with E-state index in [1.165, 1.54) is 30.3 Å². The second-order valence-electron chi connectivity index (χ2n) is 6.64. The van der Waals surface area contributed by atoms with Crippen LogP contribution >= 0.6 is 0 Å². The maximum Gasteiger partial charge on any atom is 0.134 e. The van der Waals surface area contributed by atoms with Crippen LogP contribution in [0.25, 0.3) is 11.0 Å². The number of rotatable bonds is 6. The summed E-state index contributed by atoms with van der Waals surface area (Å²) in [5, 5.41) is 4.87. The Morgan fingerprint density at radius 3 is 2.95 bits per heavy atom. The Labute approximate surface area is 127 Å². The molecule has 1 fully saturated rings. The van der Waals surface area contributed by atoms with E-state index in [-0.39, 0.29) is 0 Å². The molecule has 0 saturated carbocycles. The Kier molecular flexibility index (Phi) is 4.61. The molecule has 1 aliphatic rings. The minimum Gasteiger partial charge on any atom is -0.464 e. The van der Waals surface area contributed by atoms with Gasteiger partial charge in [-0.3, -0.25) is 4.90 Å². The third kappa shape index (κ3) is 3.66. The van der Waals surface area contributed by atoms with Crippen molar-refractivity contribution in [1.29, 1.82) is 0 Å². The lowest BCUT2D eigenvalue weighted by Crippen LogP contribution is -2.38. The van der Waals surface area contributed by atoms with Crippen LogP contribution in [-0.2, 0) is 6.54 Å². The van der Waals surface area contributed by atoms with Gasteiger partial charge in [-0.05, 0) is 31.4 Å². The average Bonchev–Trinajstić information content (AvgIpc) is 3.09. The summed E-state index contributed by atoms with van der Waals surface area (Å²) < 4.78 is 5.68. The zero-order valence-corrected chi connectivity index (χ0v) is 13.1. The van der Waals surface area contributed by atoms with Crippen LogP contribution in [0.4, 0.5) is 0 Å². The Bertz CT molecular complexity index is 569. The molecule has 1 atom stereocenters. The molecule has 1 aromatic heterocycles. The summed E-state index contributed by atoms with van der Waals surface area (Å²) in [6.45, 7) is 9.02. The molecule has 1 aromatic carbocycles. The van der Waals surface area contributed by atoms with Crippen molar-refractivity contribution < 1.29 is 4.42 Å². The minimum atomic E-state index is 0.655. The summed E-state index contributed by atoms with van der Waals surface area (Å²) in [5.41, 5.74) is 2.31. The van der Waals surface area contributed by atoms with Crippen LogP contribution in [0.3, 0.4) is 0 Å². The molecule has 114 valence electrons. The molecule has 3 heteroatoms. The first-order valence-electron chi connectivity index (χ1n) is 8.13. The summed E-state index contributed by atoms with van der Waals surface area (Å²) in [5.74, 6) is 0.685. The number of benzene rings is 1. The Morgan fingerprint density at radius 2 is 2.19 bits per heavy atom. The van der Waals surface area contributed by atoms with Gasteiger partial charge in [0.05, 0.1) is 6.26 Å². The largest absolute Gasteiger partial charge is 0.464 e.